The maximum Gasteiger partial charge on any atom is 0.231 e. The summed E-state index contributed by atoms with van der Waals surface area (Å²) in [6, 6.07) is 12.7. The molecule has 4 nitrogen and oxygen atoms in total. The summed E-state index contributed by atoms with van der Waals surface area (Å²) in [5.74, 6) is -0.531. The van der Waals surface area contributed by atoms with Gasteiger partial charge in [-0.2, -0.15) is 0 Å². The maximum absolute atomic E-state index is 14.4. The zero-order valence-corrected chi connectivity index (χ0v) is 20.4. The molecule has 0 aliphatic carbocycles. The molecular formula is C30H27F2N3O. The molecule has 0 saturated carbocycles. The third-order valence-electron chi connectivity index (χ3n) is 6.92. The number of halogens is 2. The molecule has 1 fully saturated rings. The number of hydrogen-bond donors (Lipinski definition) is 1. The van der Waals surface area contributed by atoms with Crippen molar-refractivity contribution in [3.05, 3.63) is 83.3 Å². The Morgan fingerprint density at radius 1 is 1.03 bits per heavy atom. The van der Waals surface area contributed by atoms with Crippen LogP contribution < -0.4 is 4.90 Å². The topological polar surface area (TPSA) is 40.7 Å². The average Bonchev–Trinajstić information content (AvgIpc) is 2.83. The van der Waals surface area contributed by atoms with E-state index in [2.05, 4.69) is 21.7 Å². The number of benzene rings is 3. The van der Waals surface area contributed by atoms with Crippen LogP contribution in [-0.4, -0.2) is 23.2 Å². The highest BCUT2D eigenvalue weighted by molar-refractivity contribution is 6.02. The van der Waals surface area contributed by atoms with Gasteiger partial charge < -0.3 is 10.0 Å². The molecule has 3 aromatic carbocycles. The fraction of sp³-hybridized carbons (Fsp3) is 0.267. The van der Waals surface area contributed by atoms with Crippen LogP contribution in [0.4, 0.5) is 20.2 Å². The van der Waals surface area contributed by atoms with Crippen molar-refractivity contribution in [2.45, 2.75) is 33.1 Å². The lowest BCUT2D eigenvalue weighted by Gasteiger charge is -2.42. The molecule has 5 rings (SSSR count). The highest BCUT2D eigenvalue weighted by Gasteiger charge is 2.30. The minimum atomic E-state index is -0.585. The summed E-state index contributed by atoms with van der Waals surface area (Å²) in [5, 5.41) is 11.5. The Kier molecular flexibility index (Phi) is 6.32. The van der Waals surface area contributed by atoms with Crippen molar-refractivity contribution in [3.63, 3.8) is 0 Å². The highest BCUT2D eigenvalue weighted by Crippen LogP contribution is 2.44. The van der Waals surface area contributed by atoms with Crippen LogP contribution in [0.1, 0.15) is 31.7 Å². The zero-order valence-electron chi connectivity index (χ0n) is 20.4. The van der Waals surface area contributed by atoms with Gasteiger partial charge in [-0.1, -0.05) is 31.9 Å². The molecule has 2 heterocycles. The summed E-state index contributed by atoms with van der Waals surface area (Å²) < 4.78 is 28.6. The smallest absolute Gasteiger partial charge is 0.231 e. The number of phenolic OH excluding ortho intramolecular Hbond substituents is 1. The quantitative estimate of drug-likeness (QED) is 0.282. The fourth-order valence-corrected chi connectivity index (χ4v) is 5.11. The second-order valence-corrected chi connectivity index (χ2v) is 9.62. The summed E-state index contributed by atoms with van der Waals surface area (Å²) in [6.45, 7) is 13.1. The van der Waals surface area contributed by atoms with Gasteiger partial charge >= 0.3 is 0 Å². The normalized spacial score (nSPS) is 13.6. The van der Waals surface area contributed by atoms with Crippen LogP contribution in [-0.2, 0) is 0 Å². The minimum Gasteiger partial charge on any atom is -0.518 e. The first-order valence-electron chi connectivity index (χ1n) is 12.2. The Labute approximate surface area is 209 Å². The van der Waals surface area contributed by atoms with E-state index < -0.39 is 5.82 Å². The summed E-state index contributed by atoms with van der Waals surface area (Å²) in [5.41, 5.74) is 4.84. The van der Waals surface area contributed by atoms with E-state index in [0.29, 0.717) is 11.5 Å². The number of anilines is 1. The second-order valence-electron chi connectivity index (χ2n) is 9.62. The average molecular weight is 484 g/mol. The summed E-state index contributed by atoms with van der Waals surface area (Å²) in [6.07, 6.45) is 5.32. The van der Waals surface area contributed by atoms with Crippen LogP contribution in [0.3, 0.4) is 0 Å². The summed E-state index contributed by atoms with van der Waals surface area (Å²) in [4.78, 5) is 10.2. The highest BCUT2D eigenvalue weighted by atomic mass is 19.1. The first kappa shape index (κ1) is 23.7. The lowest BCUT2D eigenvalue weighted by Crippen LogP contribution is -2.47. The van der Waals surface area contributed by atoms with Gasteiger partial charge in [-0.15, -0.1) is 0 Å². The predicted molar refractivity (Wildman–Crippen MR) is 140 cm³/mol. The van der Waals surface area contributed by atoms with Crippen LogP contribution >= 0.6 is 0 Å². The first-order valence-corrected chi connectivity index (χ1v) is 12.2. The van der Waals surface area contributed by atoms with E-state index in [1.54, 1.807) is 12.3 Å². The molecule has 0 bridgehead atoms. The van der Waals surface area contributed by atoms with Crippen molar-refractivity contribution in [3.8, 4) is 28.0 Å². The van der Waals surface area contributed by atoms with Crippen molar-refractivity contribution >= 4 is 22.3 Å². The molecule has 6 heteroatoms. The number of unbranched alkanes of at least 4 members (excludes halogenated alkanes) is 1. The summed E-state index contributed by atoms with van der Waals surface area (Å²) >= 11 is 0. The van der Waals surface area contributed by atoms with Crippen molar-refractivity contribution in [2.75, 3.05) is 18.0 Å². The zero-order chi connectivity index (χ0) is 25.4. The Morgan fingerprint density at radius 2 is 1.81 bits per heavy atom. The van der Waals surface area contributed by atoms with E-state index in [4.69, 9.17) is 6.57 Å². The van der Waals surface area contributed by atoms with Crippen LogP contribution in [0.15, 0.2) is 54.7 Å². The van der Waals surface area contributed by atoms with E-state index >= 15 is 0 Å². The van der Waals surface area contributed by atoms with Gasteiger partial charge in [0.1, 0.15) is 17.4 Å². The number of aromatic hydroxyl groups is 1. The Balaban J connectivity index is 1.70. The lowest BCUT2D eigenvalue weighted by atomic mass is 9.90. The molecule has 0 spiro atoms. The van der Waals surface area contributed by atoms with Crippen LogP contribution in [0.2, 0.25) is 0 Å². The van der Waals surface area contributed by atoms with E-state index in [9.17, 15) is 13.9 Å². The lowest BCUT2D eigenvalue weighted by molar-refractivity contribution is 0.374. The van der Waals surface area contributed by atoms with E-state index in [1.807, 2.05) is 25.1 Å². The van der Waals surface area contributed by atoms with Gasteiger partial charge in [-0.05, 0) is 72.4 Å². The van der Waals surface area contributed by atoms with Gasteiger partial charge in [0.15, 0.2) is 0 Å². The number of fused-ring (bicyclic) bond motifs is 1. The minimum absolute atomic E-state index is 0.131. The van der Waals surface area contributed by atoms with Crippen molar-refractivity contribution in [1.82, 2.24) is 4.98 Å². The van der Waals surface area contributed by atoms with Gasteiger partial charge in [0.25, 0.3) is 0 Å². The van der Waals surface area contributed by atoms with E-state index in [0.717, 1.165) is 58.9 Å². The third-order valence-corrected chi connectivity index (χ3v) is 6.92. The fourth-order valence-electron chi connectivity index (χ4n) is 5.11. The predicted octanol–water partition coefficient (Wildman–Crippen LogP) is 8.04. The van der Waals surface area contributed by atoms with Gasteiger partial charge in [0.2, 0.25) is 5.69 Å². The Hall–Kier alpha value is -3.98. The van der Waals surface area contributed by atoms with Crippen molar-refractivity contribution < 1.29 is 13.9 Å². The molecule has 1 N–H and O–H groups in total. The Bertz CT molecular complexity index is 1480. The molecule has 0 atom stereocenters. The molecule has 36 heavy (non-hydrogen) atoms. The Morgan fingerprint density at radius 3 is 2.53 bits per heavy atom. The SMILES string of the molecule is [C-]#[N+]c1cc(F)cc(-c2ccc3ncc(-c4cc(C)cc(F)c4)c(N4CC(CCCC)C4)c3c2)c1O. The number of hydrogen-bond acceptors (Lipinski definition) is 3. The number of phenols is 1. The van der Waals surface area contributed by atoms with Crippen molar-refractivity contribution in [2.24, 2.45) is 5.92 Å². The van der Waals surface area contributed by atoms with Crippen LogP contribution in [0.25, 0.3) is 38.0 Å². The standard InChI is InChI=1S/C30H27F2N3O/c1-4-5-6-19-16-35(17-19)29-25-12-20(24-13-23(32)14-28(33-3)30(24)36)7-8-27(25)34-15-26(29)21-9-18(2)10-22(31)11-21/h7-15,19,36H,4-6,16-17H2,1-2H3. The molecule has 0 radical (unpaired) electrons. The molecule has 0 amide bonds. The summed E-state index contributed by atoms with van der Waals surface area (Å²) in [7, 11) is 0. The number of pyridine rings is 1. The number of aryl methyl sites for hydroxylation is 1. The third kappa shape index (κ3) is 4.37. The van der Waals surface area contributed by atoms with E-state index in [-0.39, 0.29) is 22.8 Å². The largest absolute Gasteiger partial charge is 0.518 e. The molecular weight excluding hydrogens is 456 g/mol. The molecule has 0 unspecified atom stereocenters. The van der Waals surface area contributed by atoms with Gasteiger partial charge in [0, 0.05) is 35.8 Å². The molecule has 4 aromatic rings. The van der Waals surface area contributed by atoms with Gasteiger partial charge in [0.05, 0.1) is 17.8 Å². The second kappa shape index (κ2) is 9.58. The van der Waals surface area contributed by atoms with E-state index in [1.165, 1.54) is 31.0 Å². The van der Waals surface area contributed by atoms with Gasteiger partial charge in [-0.25, -0.2) is 13.6 Å². The molecule has 1 aromatic heterocycles. The number of rotatable bonds is 6. The molecule has 1 saturated heterocycles. The van der Waals surface area contributed by atoms with Crippen LogP contribution in [0, 0.1) is 31.0 Å². The number of nitrogens with zero attached hydrogens (tertiary/aromatic N) is 3. The maximum atomic E-state index is 14.4. The monoisotopic (exact) mass is 483 g/mol. The number of aromatic nitrogens is 1. The molecule has 1 aliphatic rings. The van der Waals surface area contributed by atoms with Crippen molar-refractivity contribution in [1.29, 1.82) is 0 Å². The molecule has 182 valence electrons. The van der Waals surface area contributed by atoms with Gasteiger partial charge in [-0.3, -0.25) is 4.98 Å². The van der Waals surface area contributed by atoms with Crippen LogP contribution in [0.5, 0.6) is 5.75 Å². The molecule has 1 aliphatic heterocycles. The first-order chi connectivity index (χ1) is 17.4.